The second-order valence-corrected chi connectivity index (χ2v) is 13.2. The molecule has 42 heavy (non-hydrogen) atoms. The molecule has 1 N–H and O–H groups in total. The molecule has 0 radical (unpaired) electrons. The minimum absolute atomic E-state index is 0.000754. The maximum atomic E-state index is 13.1. The molecular weight excluding hydrogens is 584 g/mol. The average Bonchev–Trinajstić information content (AvgIpc) is 3.44. The van der Waals surface area contributed by atoms with Crippen LogP contribution in [0, 0.1) is 0 Å². The van der Waals surface area contributed by atoms with Gasteiger partial charge < -0.3 is 24.4 Å². The van der Waals surface area contributed by atoms with Crippen LogP contribution in [0.25, 0.3) is 0 Å². The number of carboxylic acids is 1. The van der Waals surface area contributed by atoms with Crippen molar-refractivity contribution in [3.63, 3.8) is 0 Å². The van der Waals surface area contributed by atoms with E-state index in [0.717, 1.165) is 0 Å². The van der Waals surface area contributed by atoms with E-state index in [1.54, 1.807) is 27.6 Å². The molecule has 4 aliphatic rings. The number of likely N-dealkylation sites (tertiary alicyclic amines) is 1. The molecular formula is C28H36N4O8S2. The van der Waals surface area contributed by atoms with Gasteiger partial charge >= 0.3 is 18.2 Å². The zero-order valence-electron chi connectivity index (χ0n) is 23.6. The van der Waals surface area contributed by atoms with Crippen molar-refractivity contribution in [2.24, 2.45) is 0 Å². The van der Waals surface area contributed by atoms with Gasteiger partial charge in [-0.1, -0.05) is 31.4 Å². The molecule has 4 amide bonds. The minimum Gasteiger partial charge on any atom is -0.477 e. The first-order valence-electron chi connectivity index (χ1n) is 13.6. The fourth-order valence-corrected chi connectivity index (χ4v) is 8.62. The van der Waals surface area contributed by atoms with Crippen molar-refractivity contribution in [3.05, 3.63) is 48.6 Å². The van der Waals surface area contributed by atoms with Crippen molar-refractivity contribution in [1.29, 1.82) is 0 Å². The fourth-order valence-electron chi connectivity index (χ4n) is 5.67. The monoisotopic (exact) mass is 620 g/mol. The average molecular weight is 621 g/mol. The van der Waals surface area contributed by atoms with E-state index in [-0.39, 0.29) is 81.2 Å². The Kier molecular flexibility index (Phi) is 9.97. The maximum Gasteiger partial charge on any atom is 0.410 e. The summed E-state index contributed by atoms with van der Waals surface area (Å²) >= 11 is 2.93. The van der Waals surface area contributed by atoms with Crippen molar-refractivity contribution >= 4 is 53.5 Å². The Morgan fingerprint density at radius 3 is 2.33 bits per heavy atom. The molecule has 0 aromatic heterocycles. The molecule has 0 bridgehead atoms. The molecule has 0 unspecified atom stereocenters. The topological polar surface area (TPSA) is 137 Å². The van der Waals surface area contributed by atoms with E-state index in [0.29, 0.717) is 17.1 Å². The summed E-state index contributed by atoms with van der Waals surface area (Å²) in [7, 11) is 0. The second-order valence-electron chi connectivity index (χ2n) is 10.4. The highest BCUT2D eigenvalue weighted by Gasteiger charge is 2.60. The van der Waals surface area contributed by atoms with Crippen molar-refractivity contribution in [3.8, 4) is 0 Å². The molecule has 228 valence electrons. The first-order valence-corrected chi connectivity index (χ1v) is 15.5. The molecule has 0 aliphatic carbocycles. The van der Waals surface area contributed by atoms with Crippen LogP contribution in [0.15, 0.2) is 48.6 Å². The maximum absolute atomic E-state index is 13.1. The number of hydrogen-bond donors (Lipinski definition) is 1. The molecule has 0 aromatic carbocycles. The number of fused-ring (bicyclic) bond motifs is 1. The van der Waals surface area contributed by atoms with E-state index < -0.39 is 28.9 Å². The van der Waals surface area contributed by atoms with Crippen molar-refractivity contribution < 1.29 is 38.6 Å². The van der Waals surface area contributed by atoms with Gasteiger partial charge in [-0.15, -0.1) is 30.1 Å². The summed E-state index contributed by atoms with van der Waals surface area (Å²) in [6.45, 7) is 13.9. The van der Waals surface area contributed by atoms with Crippen LogP contribution < -0.4 is 0 Å². The highest BCUT2D eigenvalue weighted by molar-refractivity contribution is 8.07. The van der Waals surface area contributed by atoms with Gasteiger partial charge in [0.05, 0.1) is 16.8 Å². The van der Waals surface area contributed by atoms with Gasteiger partial charge in [-0.2, -0.15) is 0 Å². The molecule has 14 heteroatoms. The van der Waals surface area contributed by atoms with E-state index in [9.17, 15) is 29.1 Å². The van der Waals surface area contributed by atoms with Crippen LogP contribution in [0.4, 0.5) is 9.59 Å². The van der Waals surface area contributed by atoms with Crippen LogP contribution in [-0.2, 0) is 23.9 Å². The highest BCUT2D eigenvalue weighted by Crippen LogP contribution is 2.57. The molecule has 0 saturated carbocycles. The lowest BCUT2D eigenvalue weighted by Crippen LogP contribution is -2.56. The molecule has 4 rings (SSSR count). The number of ether oxygens (including phenoxy) is 2. The Morgan fingerprint density at radius 2 is 1.74 bits per heavy atom. The van der Waals surface area contributed by atoms with Crippen LogP contribution in [0.1, 0.15) is 19.8 Å². The number of nitrogens with zero attached hydrogens (tertiary/aromatic N) is 4. The lowest BCUT2D eigenvalue weighted by molar-refractivity contribution is -0.147. The standard InChI is InChI=1S/C28H36N4O8S2/c1-5-10-39-26(37)30-9-8-29(22(34)17-30)15-18-13-19(16-31(18)27(38)40-11-6-2)42-24-23(25(35)36)32-20(14-21(32)33)28(24,4)41-12-7-3/h5-7,18-20H,1-3,8-17H2,4H3,(H,35,36)/t18-,19-,20-,28+/m0/s1. The summed E-state index contributed by atoms with van der Waals surface area (Å²) in [6, 6.07) is -0.662. The number of amides is 4. The van der Waals surface area contributed by atoms with Gasteiger partial charge in [0.25, 0.3) is 0 Å². The van der Waals surface area contributed by atoms with Crippen LogP contribution in [0.3, 0.4) is 0 Å². The van der Waals surface area contributed by atoms with Gasteiger partial charge in [0.15, 0.2) is 0 Å². The lowest BCUT2D eigenvalue weighted by atomic mass is 9.93. The van der Waals surface area contributed by atoms with Crippen LogP contribution in [-0.4, -0.2) is 128 Å². The van der Waals surface area contributed by atoms with Crippen molar-refractivity contribution in [1.82, 2.24) is 19.6 Å². The molecule has 3 fully saturated rings. The smallest absolute Gasteiger partial charge is 0.410 e. The SMILES string of the molecule is C=CCOC(=O)N1CCN(C[C@@H]2C[C@H](SC3=C(C(=O)O)N4C(=O)C[C@H]4[C@@]3(C)SCC=C)CN2C(=O)OCC=C)C(=O)C1. The van der Waals surface area contributed by atoms with E-state index in [1.165, 1.54) is 33.7 Å². The number of thioether (sulfide) groups is 2. The van der Waals surface area contributed by atoms with E-state index >= 15 is 0 Å². The molecule has 4 atom stereocenters. The van der Waals surface area contributed by atoms with Crippen LogP contribution in [0.5, 0.6) is 0 Å². The zero-order valence-corrected chi connectivity index (χ0v) is 25.2. The predicted molar refractivity (Wildman–Crippen MR) is 159 cm³/mol. The molecule has 12 nitrogen and oxygen atoms in total. The Balaban J connectivity index is 1.52. The fraction of sp³-hybridized carbons (Fsp3) is 0.536. The summed E-state index contributed by atoms with van der Waals surface area (Å²) in [5.74, 6) is -1.07. The molecule has 3 saturated heterocycles. The Hall–Kier alpha value is -3.39. The molecule has 0 aromatic rings. The first kappa shape index (κ1) is 31.5. The van der Waals surface area contributed by atoms with Crippen molar-refractivity contribution in [2.75, 3.05) is 51.7 Å². The van der Waals surface area contributed by atoms with Crippen molar-refractivity contribution in [2.45, 2.75) is 41.8 Å². The highest BCUT2D eigenvalue weighted by atomic mass is 32.2. The summed E-state index contributed by atoms with van der Waals surface area (Å²) in [6.07, 6.45) is 4.27. The van der Waals surface area contributed by atoms with E-state index in [4.69, 9.17) is 9.47 Å². The number of β-lactam (4-membered cyclic amide) rings is 1. The van der Waals surface area contributed by atoms with Gasteiger partial charge in [0.1, 0.15) is 25.5 Å². The zero-order chi connectivity index (χ0) is 30.6. The van der Waals surface area contributed by atoms with Gasteiger partial charge in [-0.05, 0) is 13.3 Å². The Morgan fingerprint density at radius 1 is 1.05 bits per heavy atom. The largest absolute Gasteiger partial charge is 0.477 e. The minimum atomic E-state index is -1.16. The van der Waals surface area contributed by atoms with Gasteiger partial charge in [0, 0.05) is 48.5 Å². The number of aliphatic carboxylic acids is 1. The first-order chi connectivity index (χ1) is 20.0. The quantitative estimate of drug-likeness (QED) is 0.256. The van der Waals surface area contributed by atoms with E-state index in [1.807, 2.05) is 6.92 Å². The normalized spacial score (nSPS) is 27.0. The number of carbonyl (C=O) groups is 5. The summed E-state index contributed by atoms with van der Waals surface area (Å²) < 4.78 is 9.75. The third-order valence-corrected chi connectivity index (χ3v) is 10.9. The van der Waals surface area contributed by atoms with Gasteiger partial charge in [-0.25, -0.2) is 14.4 Å². The third kappa shape index (κ3) is 6.19. The predicted octanol–water partition coefficient (Wildman–Crippen LogP) is 2.54. The summed E-state index contributed by atoms with van der Waals surface area (Å²) in [5, 5.41) is 9.91. The van der Waals surface area contributed by atoms with Gasteiger partial charge in [-0.3, -0.25) is 19.4 Å². The molecule has 4 aliphatic heterocycles. The van der Waals surface area contributed by atoms with Crippen LogP contribution >= 0.6 is 23.5 Å². The summed E-state index contributed by atoms with van der Waals surface area (Å²) in [5.41, 5.74) is -0.000754. The number of rotatable bonds is 12. The number of piperazine rings is 1. The molecule has 4 heterocycles. The number of carboxylic acid groups (broad SMARTS) is 1. The third-order valence-electron chi connectivity index (χ3n) is 7.75. The Bertz CT molecular complexity index is 1210. The summed E-state index contributed by atoms with van der Waals surface area (Å²) in [4.78, 5) is 69.6. The number of carbonyl (C=O) groups excluding carboxylic acids is 4. The number of hydrogen-bond acceptors (Lipinski definition) is 9. The lowest BCUT2D eigenvalue weighted by Gasteiger charge is -2.43. The molecule has 0 spiro atoms. The van der Waals surface area contributed by atoms with Gasteiger partial charge in [0.2, 0.25) is 11.8 Å². The Labute approximate surface area is 253 Å². The second kappa shape index (κ2) is 13.3. The van der Waals surface area contributed by atoms with Crippen LogP contribution in [0.2, 0.25) is 0 Å². The van der Waals surface area contributed by atoms with E-state index in [2.05, 4.69) is 19.7 Å².